The molecule has 0 aromatic carbocycles. The molecule has 0 saturated heterocycles. The van der Waals surface area contributed by atoms with Gasteiger partial charge in [0.25, 0.3) is 0 Å². The van der Waals surface area contributed by atoms with Crippen molar-refractivity contribution in [2.75, 3.05) is 0 Å². The van der Waals surface area contributed by atoms with Crippen LogP contribution in [0.2, 0.25) is 0 Å². The van der Waals surface area contributed by atoms with Crippen molar-refractivity contribution in [2.24, 2.45) is 29.1 Å². The minimum absolute atomic E-state index is 0.101. The van der Waals surface area contributed by atoms with Crippen LogP contribution in [0.5, 0.6) is 0 Å². The molecule has 2 rings (SSSR count). The Labute approximate surface area is 126 Å². The zero-order chi connectivity index (χ0) is 15.6. The lowest BCUT2D eigenvalue weighted by Crippen LogP contribution is -2.44. The second kappa shape index (κ2) is 6.00. The molecule has 5 unspecified atom stereocenters. The smallest absolute Gasteiger partial charge is 0.328 e. The molecule has 1 N–H and O–H groups in total. The third-order valence-corrected chi connectivity index (χ3v) is 4.84. The minimum Gasteiger partial charge on any atom is -0.478 e. The number of carboxylic acid groups (broad SMARTS) is 1. The van der Waals surface area contributed by atoms with Crippen LogP contribution in [0.4, 0.5) is 0 Å². The molecule has 2 aliphatic rings. The van der Waals surface area contributed by atoms with Crippen molar-refractivity contribution < 1.29 is 14.7 Å². The lowest BCUT2D eigenvalue weighted by molar-refractivity contribution is -0.133. The first-order chi connectivity index (χ1) is 9.83. The number of Topliss-reactive ketones (excluding diaryl/α,β-unsaturated/α-hetero) is 1. The molecule has 5 atom stereocenters. The fraction of sp³-hybridized carbons (Fsp3) is 0.556. The van der Waals surface area contributed by atoms with Gasteiger partial charge in [-0.25, -0.2) is 4.79 Å². The summed E-state index contributed by atoms with van der Waals surface area (Å²) < 4.78 is 0. The first-order valence-corrected chi connectivity index (χ1v) is 7.66. The predicted molar refractivity (Wildman–Crippen MR) is 82.7 cm³/mol. The Balaban J connectivity index is 2.20. The second-order valence-corrected chi connectivity index (χ2v) is 6.81. The Bertz CT molecular complexity index is 515. The van der Waals surface area contributed by atoms with Crippen molar-refractivity contribution in [2.45, 2.75) is 33.6 Å². The van der Waals surface area contributed by atoms with Crippen LogP contribution in [0.25, 0.3) is 0 Å². The van der Waals surface area contributed by atoms with Crippen molar-refractivity contribution >= 4 is 11.8 Å². The molecule has 0 aromatic heterocycles. The molecule has 114 valence electrons. The Kier molecular flexibility index (Phi) is 4.50. The molecular weight excluding hydrogens is 264 g/mol. The maximum absolute atomic E-state index is 12.9. The van der Waals surface area contributed by atoms with Crippen molar-refractivity contribution in [1.82, 2.24) is 0 Å². The van der Waals surface area contributed by atoms with E-state index >= 15 is 0 Å². The number of allylic oxidation sites excluding steroid dienone is 5. The van der Waals surface area contributed by atoms with Crippen LogP contribution < -0.4 is 0 Å². The number of aliphatic carboxylic acids is 1. The zero-order valence-corrected chi connectivity index (χ0v) is 13.0. The third-order valence-electron chi connectivity index (χ3n) is 4.84. The molecule has 0 spiro atoms. The molecule has 2 aliphatic carbocycles. The molecular formula is C18H24O3. The number of rotatable bonds is 3. The van der Waals surface area contributed by atoms with Crippen LogP contribution in [0.15, 0.2) is 36.5 Å². The number of carbonyl (C=O) groups is 2. The van der Waals surface area contributed by atoms with Gasteiger partial charge in [0.05, 0.1) is 5.41 Å². The summed E-state index contributed by atoms with van der Waals surface area (Å²) in [6, 6.07) is 0. The van der Waals surface area contributed by atoms with E-state index in [1.54, 1.807) is 6.08 Å². The van der Waals surface area contributed by atoms with E-state index in [0.29, 0.717) is 17.8 Å². The normalized spacial score (nSPS) is 39.9. The Hall–Kier alpha value is -1.64. The number of carboxylic acids is 1. The fourth-order valence-electron chi connectivity index (χ4n) is 3.86. The van der Waals surface area contributed by atoms with E-state index in [0.717, 1.165) is 18.9 Å². The van der Waals surface area contributed by atoms with E-state index < -0.39 is 11.4 Å². The highest BCUT2D eigenvalue weighted by Crippen LogP contribution is 2.46. The van der Waals surface area contributed by atoms with Crippen LogP contribution in [-0.2, 0) is 9.59 Å². The highest BCUT2D eigenvalue weighted by Gasteiger charge is 2.45. The summed E-state index contributed by atoms with van der Waals surface area (Å²) in [5.41, 5.74) is -0.612. The third kappa shape index (κ3) is 3.34. The highest BCUT2D eigenvalue weighted by molar-refractivity contribution is 5.92. The largest absolute Gasteiger partial charge is 0.478 e. The summed E-state index contributed by atoms with van der Waals surface area (Å²) in [6.45, 7) is 6.35. The lowest BCUT2D eigenvalue weighted by atomic mass is 9.59. The van der Waals surface area contributed by atoms with Crippen molar-refractivity contribution in [3.05, 3.63) is 36.5 Å². The van der Waals surface area contributed by atoms with Gasteiger partial charge >= 0.3 is 5.97 Å². The average Bonchev–Trinajstić information content (AvgIpc) is 2.39. The minimum atomic E-state index is -0.981. The average molecular weight is 288 g/mol. The summed E-state index contributed by atoms with van der Waals surface area (Å²) in [5, 5.41) is 8.58. The maximum atomic E-state index is 12.9. The standard InChI is InChI=1S/C18H24O3/c1-12-10-13(2)16-14(11-12)7-9-18(3,17(16)21)8-5-4-6-15(19)20/h4-9,12-14,16H,10-11H2,1-3H3,(H,19,20). The quantitative estimate of drug-likeness (QED) is 0.490. The van der Waals surface area contributed by atoms with Crippen LogP contribution in [0.1, 0.15) is 33.6 Å². The van der Waals surface area contributed by atoms with E-state index in [9.17, 15) is 9.59 Å². The topological polar surface area (TPSA) is 54.4 Å². The van der Waals surface area contributed by atoms with Gasteiger partial charge in [0.15, 0.2) is 0 Å². The van der Waals surface area contributed by atoms with E-state index in [4.69, 9.17) is 5.11 Å². The van der Waals surface area contributed by atoms with E-state index in [1.165, 1.54) is 6.08 Å². The van der Waals surface area contributed by atoms with Crippen LogP contribution in [-0.4, -0.2) is 16.9 Å². The zero-order valence-electron chi connectivity index (χ0n) is 13.0. The molecule has 1 fully saturated rings. The molecule has 21 heavy (non-hydrogen) atoms. The van der Waals surface area contributed by atoms with Gasteiger partial charge in [0.1, 0.15) is 5.78 Å². The van der Waals surface area contributed by atoms with Gasteiger partial charge in [-0.05, 0) is 37.5 Å². The van der Waals surface area contributed by atoms with Gasteiger partial charge < -0.3 is 5.11 Å². The molecule has 3 nitrogen and oxygen atoms in total. The van der Waals surface area contributed by atoms with Gasteiger partial charge in [-0.2, -0.15) is 0 Å². The van der Waals surface area contributed by atoms with Crippen LogP contribution >= 0.6 is 0 Å². The maximum Gasteiger partial charge on any atom is 0.328 e. The number of fused-ring (bicyclic) bond motifs is 1. The van der Waals surface area contributed by atoms with Gasteiger partial charge in [-0.3, -0.25) is 4.79 Å². The number of ketones is 1. The van der Waals surface area contributed by atoms with Crippen LogP contribution in [0, 0.1) is 29.1 Å². The van der Waals surface area contributed by atoms with Gasteiger partial charge in [0, 0.05) is 12.0 Å². The van der Waals surface area contributed by atoms with Crippen molar-refractivity contribution in [1.29, 1.82) is 0 Å². The Morgan fingerprint density at radius 2 is 2.05 bits per heavy atom. The molecule has 0 bridgehead atoms. The van der Waals surface area contributed by atoms with E-state index in [2.05, 4.69) is 19.9 Å². The molecule has 0 heterocycles. The molecule has 0 aliphatic heterocycles. The molecule has 1 saturated carbocycles. The monoisotopic (exact) mass is 288 g/mol. The second-order valence-electron chi connectivity index (χ2n) is 6.81. The number of hydrogen-bond donors (Lipinski definition) is 1. The molecule has 3 heteroatoms. The first-order valence-electron chi connectivity index (χ1n) is 7.66. The van der Waals surface area contributed by atoms with Gasteiger partial charge in [-0.1, -0.05) is 44.2 Å². The van der Waals surface area contributed by atoms with Gasteiger partial charge in [0.2, 0.25) is 0 Å². The Morgan fingerprint density at radius 3 is 2.71 bits per heavy atom. The SMILES string of the molecule is CC1CC(C)C2C(=O)C(C)(C=CC=CC(=O)O)C=CC2C1. The fourth-order valence-corrected chi connectivity index (χ4v) is 3.86. The lowest BCUT2D eigenvalue weighted by Gasteiger charge is -2.43. The Morgan fingerprint density at radius 1 is 1.33 bits per heavy atom. The molecule has 0 amide bonds. The first kappa shape index (κ1) is 15.7. The molecule has 0 radical (unpaired) electrons. The number of carbonyl (C=O) groups excluding carboxylic acids is 1. The van der Waals surface area contributed by atoms with Crippen LogP contribution in [0.3, 0.4) is 0 Å². The summed E-state index contributed by atoms with van der Waals surface area (Å²) in [7, 11) is 0. The summed E-state index contributed by atoms with van der Waals surface area (Å²) in [4.78, 5) is 23.3. The predicted octanol–water partition coefficient (Wildman–Crippen LogP) is 3.63. The summed E-state index contributed by atoms with van der Waals surface area (Å²) in [5.74, 6) is 0.854. The molecule has 0 aromatic rings. The summed E-state index contributed by atoms with van der Waals surface area (Å²) in [6.07, 6.45) is 12.4. The van der Waals surface area contributed by atoms with Crippen molar-refractivity contribution in [3.63, 3.8) is 0 Å². The highest BCUT2D eigenvalue weighted by atomic mass is 16.4. The summed E-state index contributed by atoms with van der Waals surface area (Å²) >= 11 is 0. The van der Waals surface area contributed by atoms with Crippen molar-refractivity contribution in [3.8, 4) is 0 Å². The van der Waals surface area contributed by atoms with Gasteiger partial charge in [-0.15, -0.1) is 0 Å². The van der Waals surface area contributed by atoms with E-state index in [-0.39, 0.29) is 11.7 Å². The number of hydrogen-bond acceptors (Lipinski definition) is 2. The van der Waals surface area contributed by atoms with E-state index in [1.807, 2.05) is 19.1 Å².